The van der Waals surface area contributed by atoms with Crippen LogP contribution in [0.25, 0.3) is 0 Å². The van der Waals surface area contributed by atoms with Crippen molar-refractivity contribution in [3.63, 3.8) is 0 Å². The van der Waals surface area contributed by atoms with Gasteiger partial charge in [0.15, 0.2) is 5.96 Å². The van der Waals surface area contributed by atoms with Crippen LogP contribution in [-0.4, -0.2) is 54.5 Å². The first-order chi connectivity index (χ1) is 19.2. The van der Waals surface area contributed by atoms with E-state index in [0.29, 0.717) is 38.1 Å². The second-order valence-electron chi connectivity index (χ2n) is 11.3. The van der Waals surface area contributed by atoms with Gasteiger partial charge < -0.3 is 20.7 Å². The molecule has 2 aromatic carbocycles. The summed E-state index contributed by atoms with van der Waals surface area (Å²) >= 11 is 0. The van der Waals surface area contributed by atoms with Gasteiger partial charge in [-0.3, -0.25) is 19.9 Å². The summed E-state index contributed by atoms with van der Waals surface area (Å²) in [7, 11) is 1.28. The highest BCUT2D eigenvalue weighted by atomic mass is 16.5. The number of guanidine groups is 1. The fourth-order valence-corrected chi connectivity index (χ4v) is 5.59. The molecule has 3 amide bonds. The number of hydrogen-bond donors (Lipinski definition) is 4. The first-order valence-electron chi connectivity index (χ1n) is 14.2. The van der Waals surface area contributed by atoms with E-state index >= 15 is 0 Å². The van der Waals surface area contributed by atoms with Gasteiger partial charge in [0, 0.05) is 19.0 Å². The third-order valence-corrected chi connectivity index (χ3v) is 7.69. The maximum absolute atomic E-state index is 13.8. The Balaban J connectivity index is 1.40. The van der Waals surface area contributed by atoms with E-state index in [1.54, 1.807) is 0 Å². The van der Waals surface area contributed by atoms with Crippen LogP contribution >= 0.6 is 0 Å². The Labute approximate surface area is 236 Å². The summed E-state index contributed by atoms with van der Waals surface area (Å²) < 4.78 is 4.75. The smallest absolute Gasteiger partial charge is 0.407 e. The minimum atomic E-state index is -0.944. The van der Waals surface area contributed by atoms with Crippen molar-refractivity contribution in [1.29, 1.82) is 5.41 Å². The molecule has 9 heteroatoms. The van der Waals surface area contributed by atoms with Crippen LogP contribution < -0.4 is 16.0 Å². The lowest BCUT2D eigenvalue weighted by Crippen LogP contribution is -2.51. The molecule has 1 saturated heterocycles. The number of hydrogen-bond acceptors (Lipinski definition) is 5. The fraction of sp³-hybridized carbons (Fsp3) is 0.484. The van der Waals surface area contributed by atoms with Crippen LogP contribution in [0.15, 0.2) is 60.7 Å². The van der Waals surface area contributed by atoms with Crippen LogP contribution in [0, 0.1) is 17.2 Å². The normalized spacial score (nSPS) is 20.1. The number of ether oxygens (including phenoxy) is 1. The SMILES string of the molecule is COC(=O)N[C@@H](Cc1ccccc1)C(=O)NC(CCCN1C(=N)N[C@](CC(C)C)(c2ccccc2)C1=O)C1CC1. The Morgan fingerprint density at radius 3 is 2.33 bits per heavy atom. The van der Waals surface area contributed by atoms with Crippen LogP contribution in [0.4, 0.5) is 4.79 Å². The van der Waals surface area contributed by atoms with E-state index in [-0.39, 0.29) is 29.7 Å². The molecule has 4 rings (SSSR count). The molecule has 2 aromatic rings. The van der Waals surface area contributed by atoms with Crippen LogP contribution in [0.3, 0.4) is 0 Å². The molecular formula is C31H41N5O4. The molecule has 3 atom stereocenters. The highest BCUT2D eigenvalue weighted by Crippen LogP contribution is 2.37. The summed E-state index contributed by atoms with van der Waals surface area (Å²) in [5.41, 5.74) is 0.858. The van der Waals surface area contributed by atoms with Gasteiger partial charge in [0.05, 0.1) is 7.11 Å². The zero-order valence-electron chi connectivity index (χ0n) is 23.6. The first-order valence-corrected chi connectivity index (χ1v) is 14.2. The van der Waals surface area contributed by atoms with Crippen LogP contribution in [0.1, 0.15) is 57.1 Å². The molecule has 1 aliphatic heterocycles. The highest BCUT2D eigenvalue weighted by Gasteiger charge is 2.50. The predicted molar refractivity (Wildman–Crippen MR) is 154 cm³/mol. The Bertz CT molecular complexity index is 1180. The van der Waals surface area contributed by atoms with Crippen LogP contribution in [-0.2, 0) is 26.3 Å². The molecule has 0 spiro atoms. The highest BCUT2D eigenvalue weighted by molar-refractivity contribution is 6.08. The molecular weight excluding hydrogens is 506 g/mol. The molecule has 40 heavy (non-hydrogen) atoms. The lowest BCUT2D eigenvalue weighted by atomic mass is 9.82. The largest absolute Gasteiger partial charge is 0.453 e. The van der Waals surface area contributed by atoms with Crippen molar-refractivity contribution >= 4 is 23.9 Å². The number of amides is 3. The Kier molecular flexibility index (Phi) is 9.45. The molecule has 0 bridgehead atoms. The maximum atomic E-state index is 13.8. The van der Waals surface area contributed by atoms with Crippen LogP contribution in [0.2, 0.25) is 0 Å². The second-order valence-corrected chi connectivity index (χ2v) is 11.3. The van der Waals surface area contributed by atoms with E-state index in [9.17, 15) is 14.4 Å². The van der Waals surface area contributed by atoms with Gasteiger partial charge in [-0.05, 0) is 55.1 Å². The van der Waals surface area contributed by atoms with Gasteiger partial charge in [-0.2, -0.15) is 0 Å². The molecule has 1 aliphatic carbocycles. The van der Waals surface area contributed by atoms with E-state index < -0.39 is 17.7 Å². The monoisotopic (exact) mass is 547 g/mol. The Morgan fingerprint density at radius 2 is 1.73 bits per heavy atom. The molecule has 1 unspecified atom stereocenters. The number of nitrogens with one attached hydrogen (secondary N) is 4. The van der Waals surface area contributed by atoms with Gasteiger partial charge in [0.1, 0.15) is 11.6 Å². The fourth-order valence-electron chi connectivity index (χ4n) is 5.59. The standard InChI is InChI=1S/C31H41N5O4/c1-21(2)20-31(24-13-8-5-9-14-24)28(38)36(29(32)35-31)18-10-15-25(23-16-17-23)33-27(37)26(34-30(39)40-3)19-22-11-6-4-7-12-22/h4-9,11-14,21,23,25-26H,10,15-20H2,1-3H3,(H2,32,35)(H,33,37)(H,34,39)/t25?,26-,31+/m0/s1. The van der Waals surface area contributed by atoms with Crippen molar-refractivity contribution in [1.82, 2.24) is 20.9 Å². The third kappa shape index (κ3) is 7.00. The summed E-state index contributed by atoms with van der Waals surface area (Å²) in [6.07, 6.45) is 3.66. The molecule has 2 fully saturated rings. The number of methoxy groups -OCH3 is 1. The number of benzene rings is 2. The third-order valence-electron chi connectivity index (χ3n) is 7.69. The molecule has 1 saturated carbocycles. The van der Waals surface area contributed by atoms with E-state index in [1.807, 2.05) is 60.7 Å². The summed E-state index contributed by atoms with van der Waals surface area (Å²) in [5.74, 6) is 0.385. The zero-order chi connectivity index (χ0) is 28.7. The summed E-state index contributed by atoms with van der Waals surface area (Å²) in [6, 6.07) is 18.3. The number of carbonyl (C=O) groups is 3. The van der Waals surface area contributed by atoms with Gasteiger partial charge in [0.2, 0.25) is 5.91 Å². The maximum Gasteiger partial charge on any atom is 0.407 e. The van der Waals surface area contributed by atoms with Gasteiger partial charge in [-0.25, -0.2) is 4.79 Å². The molecule has 214 valence electrons. The number of carbonyl (C=O) groups excluding carboxylic acids is 3. The molecule has 0 radical (unpaired) electrons. The quantitative estimate of drug-likeness (QED) is 0.303. The van der Waals surface area contributed by atoms with Crippen molar-refractivity contribution in [3.05, 3.63) is 71.8 Å². The summed E-state index contributed by atoms with van der Waals surface area (Å²) in [4.78, 5) is 40.6. The Hall–Kier alpha value is -3.88. The topological polar surface area (TPSA) is 124 Å². The molecule has 0 aromatic heterocycles. The molecule has 9 nitrogen and oxygen atoms in total. The van der Waals surface area contributed by atoms with Gasteiger partial charge >= 0.3 is 6.09 Å². The lowest BCUT2D eigenvalue weighted by molar-refractivity contribution is -0.132. The van der Waals surface area contributed by atoms with E-state index in [1.165, 1.54) is 12.0 Å². The van der Waals surface area contributed by atoms with Crippen molar-refractivity contribution in [2.75, 3.05) is 13.7 Å². The van der Waals surface area contributed by atoms with Crippen molar-refractivity contribution < 1.29 is 19.1 Å². The number of alkyl carbamates (subject to hydrolysis) is 1. The average Bonchev–Trinajstić information content (AvgIpc) is 3.76. The molecule has 2 aliphatic rings. The predicted octanol–water partition coefficient (Wildman–Crippen LogP) is 3.94. The van der Waals surface area contributed by atoms with Gasteiger partial charge in [-0.1, -0.05) is 74.5 Å². The summed E-state index contributed by atoms with van der Waals surface area (Å²) in [6.45, 7) is 4.55. The van der Waals surface area contributed by atoms with Crippen molar-refractivity contribution in [2.24, 2.45) is 11.8 Å². The van der Waals surface area contributed by atoms with Gasteiger partial charge in [0.25, 0.3) is 5.91 Å². The van der Waals surface area contributed by atoms with Crippen LogP contribution in [0.5, 0.6) is 0 Å². The van der Waals surface area contributed by atoms with Crippen molar-refractivity contribution in [3.8, 4) is 0 Å². The number of rotatable bonds is 13. The van der Waals surface area contributed by atoms with E-state index in [2.05, 4.69) is 29.8 Å². The van der Waals surface area contributed by atoms with Gasteiger partial charge in [-0.15, -0.1) is 0 Å². The molecule has 4 N–H and O–H groups in total. The Morgan fingerprint density at radius 1 is 1.07 bits per heavy atom. The number of nitrogens with zero attached hydrogens (tertiary/aromatic N) is 1. The first kappa shape index (κ1) is 29.1. The van der Waals surface area contributed by atoms with E-state index in [4.69, 9.17) is 10.1 Å². The zero-order valence-corrected chi connectivity index (χ0v) is 23.6. The van der Waals surface area contributed by atoms with E-state index in [0.717, 1.165) is 24.0 Å². The lowest BCUT2D eigenvalue weighted by Gasteiger charge is -2.29. The second kappa shape index (κ2) is 13.0. The minimum absolute atomic E-state index is 0.0698. The van der Waals surface area contributed by atoms with Crippen molar-refractivity contribution in [2.45, 2.75) is 70.0 Å². The minimum Gasteiger partial charge on any atom is -0.453 e. The average molecular weight is 548 g/mol. The summed E-state index contributed by atoms with van der Waals surface area (Å²) in [5, 5.41) is 17.7. The molecule has 1 heterocycles.